The van der Waals surface area contributed by atoms with Gasteiger partial charge in [-0.2, -0.15) is 4.83 Å². The van der Waals surface area contributed by atoms with Gasteiger partial charge in [-0.3, -0.25) is 10.8 Å². The van der Waals surface area contributed by atoms with Crippen molar-refractivity contribution in [3.63, 3.8) is 0 Å². The number of aryl methyl sites for hydroxylation is 1. The van der Waals surface area contributed by atoms with E-state index in [2.05, 4.69) is 4.98 Å². The van der Waals surface area contributed by atoms with Crippen LogP contribution in [0.25, 0.3) is 0 Å². The van der Waals surface area contributed by atoms with Crippen molar-refractivity contribution in [1.29, 1.82) is 0 Å². The summed E-state index contributed by atoms with van der Waals surface area (Å²) in [7, 11) is -3.33. The minimum atomic E-state index is -3.33. The predicted octanol–water partition coefficient (Wildman–Crippen LogP) is -0.583. The molecule has 1 aromatic rings. The Morgan fingerprint density at radius 1 is 1.46 bits per heavy atom. The normalized spacial score (nSPS) is 11.5. The number of hydrogen-bond acceptors (Lipinski definition) is 4. The Kier molecular flexibility index (Phi) is 3.35. The monoisotopic (exact) mass is 201 g/mol. The molecule has 0 aliphatic heterocycles. The summed E-state index contributed by atoms with van der Waals surface area (Å²) >= 11 is 0. The van der Waals surface area contributed by atoms with E-state index in [0.717, 1.165) is 5.69 Å². The lowest BCUT2D eigenvalue weighted by atomic mass is 10.3. The Bertz CT molecular complexity index is 349. The van der Waals surface area contributed by atoms with Crippen molar-refractivity contribution >= 4 is 10.0 Å². The first-order chi connectivity index (χ1) is 6.14. The van der Waals surface area contributed by atoms with E-state index in [1.807, 2.05) is 6.07 Å². The summed E-state index contributed by atoms with van der Waals surface area (Å²) in [5, 5.41) is 0. The summed E-state index contributed by atoms with van der Waals surface area (Å²) in [5.74, 6) is 4.77. The van der Waals surface area contributed by atoms with Crippen LogP contribution in [0, 0.1) is 0 Å². The maximum Gasteiger partial charge on any atom is 0.224 e. The van der Waals surface area contributed by atoms with Crippen LogP contribution in [0.4, 0.5) is 0 Å². The molecule has 0 fully saturated rings. The fraction of sp³-hybridized carbons (Fsp3) is 0.286. The van der Waals surface area contributed by atoms with E-state index in [4.69, 9.17) is 5.84 Å². The van der Waals surface area contributed by atoms with Gasteiger partial charge in [-0.25, -0.2) is 8.42 Å². The van der Waals surface area contributed by atoms with Crippen LogP contribution in [0.1, 0.15) is 5.69 Å². The van der Waals surface area contributed by atoms with Crippen molar-refractivity contribution in [1.82, 2.24) is 9.82 Å². The maximum atomic E-state index is 10.9. The molecular weight excluding hydrogens is 190 g/mol. The molecule has 0 radical (unpaired) electrons. The molecular formula is C7H11N3O2S. The molecule has 72 valence electrons. The number of nitrogens with one attached hydrogen (secondary N) is 1. The first-order valence-electron chi connectivity index (χ1n) is 3.74. The van der Waals surface area contributed by atoms with Crippen molar-refractivity contribution in [2.45, 2.75) is 6.42 Å². The van der Waals surface area contributed by atoms with E-state index in [1.165, 1.54) is 0 Å². The van der Waals surface area contributed by atoms with Crippen molar-refractivity contribution in [2.75, 3.05) is 5.75 Å². The quantitative estimate of drug-likeness (QED) is 0.504. The highest BCUT2D eigenvalue weighted by atomic mass is 32.2. The lowest BCUT2D eigenvalue weighted by molar-refractivity contribution is 0.583. The summed E-state index contributed by atoms with van der Waals surface area (Å²) in [6.07, 6.45) is 1.99. The van der Waals surface area contributed by atoms with Crippen LogP contribution in [-0.4, -0.2) is 19.2 Å². The van der Waals surface area contributed by atoms with Crippen molar-refractivity contribution < 1.29 is 8.42 Å². The van der Waals surface area contributed by atoms with Gasteiger partial charge in [0.15, 0.2) is 0 Å². The van der Waals surface area contributed by atoms with Gasteiger partial charge in [0.25, 0.3) is 0 Å². The van der Waals surface area contributed by atoms with E-state index in [0.29, 0.717) is 6.42 Å². The van der Waals surface area contributed by atoms with Crippen molar-refractivity contribution in [2.24, 2.45) is 5.84 Å². The highest BCUT2D eigenvalue weighted by Gasteiger charge is 2.07. The second-order valence-corrected chi connectivity index (χ2v) is 4.38. The molecule has 0 unspecified atom stereocenters. The van der Waals surface area contributed by atoms with Gasteiger partial charge in [-0.15, -0.1) is 0 Å². The minimum absolute atomic E-state index is 0.0412. The Hall–Kier alpha value is -0.980. The second-order valence-electron chi connectivity index (χ2n) is 2.51. The van der Waals surface area contributed by atoms with Gasteiger partial charge in [0.2, 0.25) is 10.0 Å². The van der Waals surface area contributed by atoms with Crippen molar-refractivity contribution in [3.05, 3.63) is 30.1 Å². The zero-order valence-corrected chi connectivity index (χ0v) is 7.79. The number of aromatic nitrogens is 1. The van der Waals surface area contributed by atoms with Crippen LogP contribution in [0.15, 0.2) is 24.4 Å². The molecule has 0 saturated carbocycles. The fourth-order valence-electron chi connectivity index (χ4n) is 0.844. The minimum Gasteiger partial charge on any atom is -0.261 e. The summed E-state index contributed by atoms with van der Waals surface area (Å²) in [4.78, 5) is 5.74. The molecule has 5 nitrogen and oxygen atoms in total. The highest BCUT2D eigenvalue weighted by molar-refractivity contribution is 7.89. The number of sulfonamides is 1. The molecule has 0 atom stereocenters. The molecule has 1 heterocycles. The number of rotatable bonds is 4. The fourth-order valence-corrected chi connectivity index (χ4v) is 1.44. The van der Waals surface area contributed by atoms with Gasteiger partial charge < -0.3 is 0 Å². The van der Waals surface area contributed by atoms with Gasteiger partial charge >= 0.3 is 0 Å². The Balaban J connectivity index is 2.54. The van der Waals surface area contributed by atoms with Crippen LogP contribution >= 0.6 is 0 Å². The zero-order valence-electron chi connectivity index (χ0n) is 6.97. The summed E-state index contributed by atoms with van der Waals surface area (Å²) < 4.78 is 21.8. The molecule has 0 saturated heterocycles. The Labute approximate surface area is 77.0 Å². The third-order valence-corrected chi connectivity index (χ3v) is 2.63. The maximum absolute atomic E-state index is 10.9. The van der Waals surface area contributed by atoms with E-state index >= 15 is 0 Å². The molecule has 0 bridgehead atoms. The van der Waals surface area contributed by atoms with Crippen LogP contribution in [0.2, 0.25) is 0 Å². The first kappa shape index (κ1) is 10.1. The van der Waals surface area contributed by atoms with Gasteiger partial charge in [0.1, 0.15) is 0 Å². The van der Waals surface area contributed by atoms with Gasteiger partial charge in [0, 0.05) is 18.3 Å². The summed E-state index contributed by atoms with van der Waals surface area (Å²) in [5.41, 5.74) is 0.737. The molecule has 0 amide bonds. The average molecular weight is 201 g/mol. The molecule has 3 N–H and O–H groups in total. The molecule has 13 heavy (non-hydrogen) atoms. The second kappa shape index (κ2) is 4.31. The Morgan fingerprint density at radius 2 is 2.23 bits per heavy atom. The van der Waals surface area contributed by atoms with E-state index < -0.39 is 10.0 Å². The summed E-state index contributed by atoms with van der Waals surface area (Å²) in [6.45, 7) is 0. The lowest BCUT2D eigenvalue weighted by Gasteiger charge is -2.00. The molecule has 0 spiro atoms. The number of nitrogens with zero attached hydrogens (tertiary/aromatic N) is 1. The van der Waals surface area contributed by atoms with Gasteiger partial charge in [-0.1, -0.05) is 6.07 Å². The largest absolute Gasteiger partial charge is 0.261 e. The molecule has 0 aliphatic rings. The number of pyridine rings is 1. The van der Waals surface area contributed by atoms with Crippen LogP contribution < -0.4 is 10.7 Å². The first-order valence-corrected chi connectivity index (χ1v) is 5.39. The van der Waals surface area contributed by atoms with Crippen LogP contribution in [-0.2, 0) is 16.4 Å². The number of nitrogens with two attached hydrogens (primary N) is 1. The number of hydrogen-bond donors (Lipinski definition) is 2. The predicted molar refractivity (Wildman–Crippen MR) is 49.1 cm³/mol. The topological polar surface area (TPSA) is 85.1 Å². The third kappa shape index (κ3) is 3.49. The highest BCUT2D eigenvalue weighted by Crippen LogP contribution is 1.96. The lowest BCUT2D eigenvalue weighted by Crippen LogP contribution is -2.33. The number of hydrazine groups is 1. The van der Waals surface area contributed by atoms with Crippen molar-refractivity contribution in [3.8, 4) is 0 Å². The molecule has 0 aromatic carbocycles. The standard InChI is InChI=1S/C7H11N3O2S/c8-10-13(11,12)6-4-7-3-1-2-5-9-7/h1-3,5,10H,4,6,8H2. The van der Waals surface area contributed by atoms with E-state index in [1.54, 1.807) is 23.2 Å². The van der Waals surface area contributed by atoms with E-state index in [-0.39, 0.29) is 5.75 Å². The summed E-state index contributed by atoms with van der Waals surface area (Å²) in [6, 6.07) is 5.36. The smallest absolute Gasteiger partial charge is 0.224 e. The zero-order chi connectivity index (χ0) is 9.73. The third-order valence-electron chi connectivity index (χ3n) is 1.53. The van der Waals surface area contributed by atoms with E-state index in [9.17, 15) is 8.42 Å². The molecule has 1 aromatic heterocycles. The molecule has 0 aliphatic carbocycles. The van der Waals surface area contributed by atoms with Crippen LogP contribution in [0.5, 0.6) is 0 Å². The molecule has 6 heteroatoms. The molecule has 1 rings (SSSR count). The SMILES string of the molecule is NNS(=O)(=O)CCc1ccccn1. The Morgan fingerprint density at radius 3 is 2.77 bits per heavy atom. The average Bonchev–Trinajstić information content (AvgIpc) is 2.17. The van der Waals surface area contributed by atoms with Gasteiger partial charge in [0.05, 0.1) is 5.75 Å². The van der Waals surface area contributed by atoms with Crippen LogP contribution in [0.3, 0.4) is 0 Å². The van der Waals surface area contributed by atoms with Gasteiger partial charge in [-0.05, 0) is 12.1 Å².